The maximum absolute atomic E-state index is 5.40. The van der Waals surface area contributed by atoms with Crippen LogP contribution in [-0.4, -0.2) is 48.2 Å². The molecular weight excluding hydrogens is 256 g/mol. The van der Waals surface area contributed by atoms with Crippen LogP contribution in [0.5, 0.6) is 0 Å². The SMILES string of the molecule is CCC(C)N(C)CCNc1cc(NN)nc(COC)n1. The zero-order valence-electron chi connectivity index (χ0n) is 12.8. The highest BCUT2D eigenvalue weighted by Gasteiger charge is 2.07. The molecule has 0 aliphatic rings. The van der Waals surface area contributed by atoms with Gasteiger partial charge in [0.2, 0.25) is 0 Å². The highest BCUT2D eigenvalue weighted by Crippen LogP contribution is 2.11. The lowest BCUT2D eigenvalue weighted by Crippen LogP contribution is -2.32. The smallest absolute Gasteiger partial charge is 0.158 e. The van der Waals surface area contributed by atoms with E-state index in [9.17, 15) is 0 Å². The first-order valence-corrected chi connectivity index (χ1v) is 6.88. The Morgan fingerprint density at radius 2 is 2.10 bits per heavy atom. The number of likely N-dealkylation sites (N-methyl/N-ethyl adjacent to an activating group) is 1. The lowest BCUT2D eigenvalue weighted by atomic mass is 10.2. The maximum Gasteiger partial charge on any atom is 0.158 e. The van der Waals surface area contributed by atoms with Gasteiger partial charge in [0.1, 0.15) is 18.2 Å². The zero-order chi connectivity index (χ0) is 15.0. The Kier molecular flexibility index (Phi) is 7.21. The first-order valence-electron chi connectivity index (χ1n) is 6.88. The van der Waals surface area contributed by atoms with Crippen molar-refractivity contribution >= 4 is 11.6 Å². The fourth-order valence-corrected chi connectivity index (χ4v) is 1.75. The van der Waals surface area contributed by atoms with Crippen LogP contribution < -0.4 is 16.6 Å². The number of hydrazine groups is 1. The molecule has 0 radical (unpaired) electrons. The lowest BCUT2D eigenvalue weighted by molar-refractivity contribution is 0.178. The molecule has 0 aromatic carbocycles. The number of anilines is 2. The van der Waals surface area contributed by atoms with Crippen LogP contribution in [0.3, 0.4) is 0 Å². The number of hydrogen-bond donors (Lipinski definition) is 3. The van der Waals surface area contributed by atoms with Gasteiger partial charge in [-0.1, -0.05) is 6.92 Å². The molecule has 1 heterocycles. The van der Waals surface area contributed by atoms with Crippen molar-refractivity contribution in [3.63, 3.8) is 0 Å². The molecule has 4 N–H and O–H groups in total. The van der Waals surface area contributed by atoms with E-state index in [1.807, 2.05) is 0 Å². The first kappa shape index (κ1) is 16.6. The van der Waals surface area contributed by atoms with Gasteiger partial charge in [0, 0.05) is 32.3 Å². The van der Waals surface area contributed by atoms with E-state index in [1.165, 1.54) is 0 Å². The monoisotopic (exact) mass is 282 g/mol. The molecule has 0 amide bonds. The van der Waals surface area contributed by atoms with E-state index in [4.69, 9.17) is 10.6 Å². The largest absolute Gasteiger partial charge is 0.377 e. The lowest BCUT2D eigenvalue weighted by Gasteiger charge is -2.23. The molecule has 0 fully saturated rings. The van der Waals surface area contributed by atoms with E-state index in [2.05, 4.69) is 46.5 Å². The molecule has 114 valence electrons. The number of ether oxygens (including phenoxy) is 1. The van der Waals surface area contributed by atoms with Gasteiger partial charge in [-0.05, 0) is 20.4 Å². The second-order valence-electron chi connectivity index (χ2n) is 4.80. The predicted molar refractivity (Wildman–Crippen MR) is 81.4 cm³/mol. The second kappa shape index (κ2) is 8.68. The Morgan fingerprint density at radius 3 is 2.70 bits per heavy atom. The van der Waals surface area contributed by atoms with Crippen LogP contribution in [0.25, 0.3) is 0 Å². The van der Waals surface area contributed by atoms with Crippen molar-refractivity contribution in [1.29, 1.82) is 0 Å². The minimum Gasteiger partial charge on any atom is -0.377 e. The van der Waals surface area contributed by atoms with E-state index in [0.717, 1.165) is 25.3 Å². The number of rotatable bonds is 9. The molecule has 0 spiro atoms. The van der Waals surface area contributed by atoms with Crippen LogP contribution in [-0.2, 0) is 11.3 Å². The Balaban J connectivity index is 2.56. The maximum atomic E-state index is 5.40. The third kappa shape index (κ3) is 5.28. The number of hydrogen-bond acceptors (Lipinski definition) is 7. The molecule has 1 unspecified atom stereocenters. The van der Waals surface area contributed by atoms with Gasteiger partial charge < -0.3 is 20.4 Å². The van der Waals surface area contributed by atoms with Crippen molar-refractivity contribution in [2.45, 2.75) is 32.9 Å². The third-order valence-corrected chi connectivity index (χ3v) is 3.31. The molecule has 7 heteroatoms. The molecule has 20 heavy (non-hydrogen) atoms. The van der Waals surface area contributed by atoms with Crippen LogP contribution in [0, 0.1) is 0 Å². The highest BCUT2D eigenvalue weighted by atomic mass is 16.5. The molecule has 0 saturated heterocycles. The van der Waals surface area contributed by atoms with Crippen LogP contribution in [0.1, 0.15) is 26.1 Å². The van der Waals surface area contributed by atoms with Crippen LogP contribution >= 0.6 is 0 Å². The van der Waals surface area contributed by atoms with Gasteiger partial charge in [0.05, 0.1) is 0 Å². The molecule has 1 aromatic heterocycles. The summed E-state index contributed by atoms with van der Waals surface area (Å²) in [5, 5.41) is 3.28. The third-order valence-electron chi connectivity index (χ3n) is 3.31. The summed E-state index contributed by atoms with van der Waals surface area (Å²) in [7, 11) is 3.74. The van der Waals surface area contributed by atoms with Gasteiger partial charge in [-0.3, -0.25) is 0 Å². The fourth-order valence-electron chi connectivity index (χ4n) is 1.75. The Morgan fingerprint density at radius 1 is 1.40 bits per heavy atom. The summed E-state index contributed by atoms with van der Waals surface area (Å²) in [5.41, 5.74) is 2.54. The van der Waals surface area contributed by atoms with Gasteiger partial charge >= 0.3 is 0 Å². The van der Waals surface area contributed by atoms with E-state index in [-0.39, 0.29) is 0 Å². The minimum absolute atomic E-state index is 0.358. The van der Waals surface area contributed by atoms with Crippen molar-refractivity contribution in [2.24, 2.45) is 5.84 Å². The van der Waals surface area contributed by atoms with Crippen molar-refractivity contribution < 1.29 is 4.74 Å². The summed E-state index contributed by atoms with van der Waals surface area (Å²) in [4.78, 5) is 10.9. The standard InChI is InChI=1S/C13H26N6O/c1-5-10(2)19(3)7-6-15-11-8-12(18-14)17-13(16-11)9-20-4/h8,10H,5-7,9,14H2,1-4H3,(H2,15,16,17,18). The molecule has 0 aliphatic carbocycles. The zero-order valence-corrected chi connectivity index (χ0v) is 12.8. The average Bonchev–Trinajstić information content (AvgIpc) is 2.46. The first-order chi connectivity index (χ1) is 9.60. The average molecular weight is 282 g/mol. The van der Waals surface area contributed by atoms with Crippen LogP contribution in [0.15, 0.2) is 6.07 Å². The van der Waals surface area contributed by atoms with Gasteiger partial charge in [0.15, 0.2) is 5.82 Å². The summed E-state index contributed by atoms with van der Waals surface area (Å²) in [5.74, 6) is 7.32. The highest BCUT2D eigenvalue weighted by molar-refractivity contribution is 5.46. The van der Waals surface area contributed by atoms with Gasteiger partial charge in [-0.25, -0.2) is 15.8 Å². The summed E-state index contributed by atoms with van der Waals surface area (Å²) in [6.45, 7) is 6.53. The normalized spacial score (nSPS) is 12.5. The molecule has 0 bridgehead atoms. The van der Waals surface area contributed by atoms with Crippen molar-refractivity contribution in [3.8, 4) is 0 Å². The molecular formula is C13H26N6O. The number of methoxy groups -OCH3 is 1. The van der Waals surface area contributed by atoms with Crippen molar-refractivity contribution in [1.82, 2.24) is 14.9 Å². The summed E-state index contributed by atoms with van der Waals surface area (Å²) >= 11 is 0. The predicted octanol–water partition coefficient (Wildman–Crippen LogP) is 1.05. The summed E-state index contributed by atoms with van der Waals surface area (Å²) in [6, 6.07) is 2.36. The Bertz CT molecular complexity index is 400. The molecule has 0 aliphatic heterocycles. The topological polar surface area (TPSA) is 88.3 Å². The molecule has 7 nitrogen and oxygen atoms in total. The summed E-state index contributed by atoms with van der Waals surface area (Å²) in [6.07, 6.45) is 1.14. The minimum atomic E-state index is 0.358. The molecule has 1 rings (SSSR count). The second-order valence-corrected chi connectivity index (χ2v) is 4.80. The van der Waals surface area contributed by atoms with E-state index in [1.54, 1.807) is 13.2 Å². The number of nitrogens with two attached hydrogens (primary N) is 1. The molecule has 0 saturated carbocycles. The Hall–Kier alpha value is -1.44. The Labute approximate surface area is 120 Å². The van der Waals surface area contributed by atoms with Gasteiger partial charge in [0.25, 0.3) is 0 Å². The van der Waals surface area contributed by atoms with E-state index in [0.29, 0.717) is 24.3 Å². The van der Waals surface area contributed by atoms with Crippen LogP contribution in [0.4, 0.5) is 11.6 Å². The van der Waals surface area contributed by atoms with Crippen molar-refractivity contribution in [3.05, 3.63) is 11.9 Å². The number of nitrogens with one attached hydrogen (secondary N) is 2. The van der Waals surface area contributed by atoms with Gasteiger partial charge in [-0.15, -0.1) is 0 Å². The quantitative estimate of drug-likeness (QED) is 0.461. The van der Waals surface area contributed by atoms with E-state index < -0.39 is 0 Å². The van der Waals surface area contributed by atoms with Crippen LogP contribution in [0.2, 0.25) is 0 Å². The molecule has 1 aromatic rings. The van der Waals surface area contributed by atoms with E-state index >= 15 is 0 Å². The van der Waals surface area contributed by atoms with Gasteiger partial charge in [-0.2, -0.15) is 0 Å². The number of aromatic nitrogens is 2. The fraction of sp³-hybridized carbons (Fsp3) is 0.692. The van der Waals surface area contributed by atoms with Crippen molar-refractivity contribution in [2.75, 3.05) is 38.0 Å². The number of nitrogens with zero attached hydrogens (tertiary/aromatic N) is 3. The molecule has 1 atom stereocenters. The summed E-state index contributed by atoms with van der Waals surface area (Å²) < 4.78 is 5.04. The number of nitrogen functional groups attached to an aromatic ring is 1.